The Hall–Kier alpha value is -3.72. The molecule has 1 saturated heterocycles. The van der Waals surface area contributed by atoms with Gasteiger partial charge in [-0.1, -0.05) is 6.07 Å². The molecule has 3 aromatic rings. The lowest BCUT2D eigenvalue weighted by molar-refractivity contribution is -0.773. The Balaban J connectivity index is 1.23. The topological polar surface area (TPSA) is 91.0 Å². The van der Waals surface area contributed by atoms with Crippen LogP contribution in [0, 0.1) is 19.7 Å². The quantitative estimate of drug-likeness (QED) is 0.511. The van der Waals surface area contributed by atoms with Crippen LogP contribution in [0.4, 0.5) is 4.39 Å². The normalized spacial score (nSPS) is 21.8. The van der Waals surface area contributed by atoms with E-state index in [4.69, 9.17) is 29.0 Å². The van der Waals surface area contributed by atoms with Gasteiger partial charge in [0.2, 0.25) is 0 Å². The van der Waals surface area contributed by atoms with Gasteiger partial charge in [0.05, 0.1) is 31.8 Å². The maximum atomic E-state index is 15.1. The minimum Gasteiger partial charge on any atom is -0.492 e. The van der Waals surface area contributed by atoms with Crippen LogP contribution in [-0.2, 0) is 21.5 Å². The molecule has 1 aromatic heterocycles. The number of nitrogens with zero attached hydrogens (tertiary/aromatic N) is 2. The van der Waals surface area contributed by atoms with E-state index >= 15 is 4.39 Å². The van der Waals surface area contributed by atoms with Gasteiger partial charge in [-0.25, -0.2) is 4.39 Å². The number of carboxylic acids is 1. The number of fused-ring (bicyclic) bond motifs is 4. The zero-order chi connectivity index (χ0) is 26.2. The molecule has 3 aliphatic heterocycles. The highest BCUT2D eigenvalue weighted by molar-refractivity contribution is 5.73. The summed E-state index contributed by atoms with van der Waals surface area (Å²) in [5, 5.41) is 9.16. The predicted molar refractivity (Wildman–Crippen MR) is 132 cm³/mol. The van der Waals surface area contributed by atoms with E-state index in [-0.39, 0.29) is 29.8 Å². The van der Waals surface area contributed by atoms with Crippen LogP contribution >= 0.6 is 0 Å². The van der Waals surface area contributed by atoms with Gasteiger partial charge in [0.15, 0.2) is 11.2 Å². The van der Waals surface area contributed by atoms with Crippen molar-refractivity contribution in [3.05, 3.63) is 64.2 Å². The predicted octanol–water partition coefficient (Wildman–Crippen LogP) is 3.93. The van der Waals surface area contributed by atoms with E-state index in [2.05, 4.69) is 4.57 Å². The van der Waals surface area contributed by atoms with E-state index in [1.165, 1.54) is 0 Å². The molecule has 4 aliphatic rings. The first-order chi connectivity index (χ1) is 18.3. The van der Waals surface area contributed by atoms with Crippen LogP contribution in [0.3, 0.4) is 0 Å². The van der Waals surface area contributed by atoms with Crippen LogP contribution in [0.2, 0.25) is 0 Å². The summed E-state index contributed by atoms with van der Waals surface area (Å²) in [5.41, 5.74) is 6.13. The summed E-state index contributed by atoms with van der Waals surface area (Å²) in [6.45, 7) is 6.02. The van der Waals surface area contributed by atoms with E-state index in [0.717, 1.165) is 52.0 Å². The van der Waals surface area contributed by atoms with Crippen LogP contribution in [-0.4, -0.2) is 42.5 Å². The number of aromatic nitrogens is 2. The number of ether oxygens (including phenoxy) is 4. The van der Waals surface area contributed by atoms with E-state index in [1.807, 2.05) is 32.0 Å². The third-order valence-corrected chi connectivity index (χ3v) is 8.29. The minimum atomic E-state index is -0.849. The van der Waals surface area contributed by atoms with Crippen molar-refractivity contribution < 1.29 is 37.8 Å². The van der Waals surface area contributed by atoms with Gasteiger partial charge in [-0.3, -0.25) is 4.79 Å². The van der Waals surface area contributed by atoms with Crippen molar-refractivity contribution in [3.8, 4) is 28.6 Å². The Morgan fingerprint density at radius 3 is 2.79 bits per heavy atom. The molecule has 2 atom stereocenters. The molecule has 1 aliphatic carbocycles. The number of halogens is 1. The fraction of sp³-hybridized carbons (Fsp3) is 0.414. The molecule has 1 N–H and O–H groups in total. The summed E-state index contributed by atoms with van der Waals surface area (Å²) in [5.74, 6) is -0.0598. The Bertz CT molecular complexity index is 1500. The third kappa shape index (κ3) is 3.48. The first kappa shape index (κ1) is 23.4. The van der Waals surface area contributed by atoms with Crippen LogP contribution in [0.15, 0.2) is 30.3 Å². The zero-order valence-corrected chi connectivity index (χ0v) is 21.3. The molecule has 7 rings (SSSR count). The molecular formula is C29H28FN2O6+. The summed E-state index contributed by atoms with van der Waals surface area (Å²) in [7, 11) is 0. The third-order valence-electron chi connectivity index (χ3n) is 8.29. The van der Waals surface area contributed by atoms with Gasteiger partial charge < -0.3 is 24.1 Å². The van der Waals surface area contributed by atoms with Crippen molar-refractivity contribution in [1.82, 2.24) is 4.98 Å². The SMILES string of the molecule is Cc1nc2[n+](c(C)c1-c1cc(F)cc3c1CCC3Oc1ccc3c(c1)OCC3CC(=O)O)C1(COC1)CO2. The number of aliphatic carboxylic acids is 1. The Morgan fingerprint density at radius 2 is 2.03 bits per heavy atom. The number of benzene rings is 2. The molecular weight excluding hydrogens is 491 g/mol. The summed E-state index contributed by atoms with van der Waals surface area (Å²) < 4.78 is 40.8. The standard InChI is InChI=1S/C29H27FN2O6/c1-15-27(16(2)32-28(31-15)37-14-29(32)12-35-13-29)23-9-18(30)8-22-21(23)5-6-24(22)38-19-3-4-20-17(7-26(33)34)11-36-25(20)10-19/h3-4,8-10,17,24H,5-7,11-14H2,1-2H3/p+1. The molecule has 38 heavy (non-hydrogen) atoms. The van der Waals surface area contributed by atoms with Gasteiger partial charge in [0.25, 0.3) is 0 Å². The number of carboxylic acid groups (broad SMARTS) is 1. The van der Waals surface area contributed by atoms with Crippen LogP contribution < -0.4 is 18.8 Å². The molecule has 196 valence electrons. The summed E-state index contributed by atoms with van der Waals surface area (Å²) in [6, 6.07) is 9.30. The molecule has 1 fully saturated rings. The van der Waals surface area contributed by atoms with Crippen LogP contribution in [0.25, 0.3) is 11.1 Å². The molecule has 2 aromatic carbocycles. The molecule has 9 heteroatoms. The highest BCUT2D eigenvalue weighted by Crippen LogP contribution is 2.44. The van der Waals surface area contributed by atoms with Gasteiger partial charge in [0, 0.05) is 24.5 Å². The Labute approximate surface area is 218 Å². The lowest BCUT2D eigenvalue weighted by Crippen LogP contribution is -2.67. The summed E-state index contributed by atoms with van der Waals surface area (Å²) >= 11 is 0. The minimum absolute atomic E-state index is 0.0280. The molecule has 1 spiro atoms. The zero-order valence-electron chi connectivity index (χ0n) is 21.3. The van der Waals surface area contributed by atoms with Crippen molar-refractivity contribution >= 4 is 5.97 Å². The van der Waals surface area contributed by atoms with Crippen LogP contribution in [0.5, 0.6) is 17.5 Å². The lowest BCUT2D eigenvalue weighted by atomic mass is 9.92. The highest BCUT2D eigenvalue weighted by atomic mass is 19.1. The summed E-state index contributed by atoms with van der Waals surface area (Å²) in [4.78, 5) is 15.9. The second-order valence-electron chi connectivity index (χ2n) is 10.8. The van der Waals surface area contributed by atoms with Gasteiger partial charge >= 0.3 is 12.0 Å². The van der Waals surface area contributed by atoms with Crippen molar-refractivity contribution in [3.63, 3.8) is 0 Å². The van der Waals surface area contributed by atoms with E-state index in [0.29, 0.717) is 43.9 Å². The number of hydrogen-bond donors (Lipinski definition) is 1. The van der Waals surface area contributed by atoms with Gasteiger partial charge in [0.1, 0.15) is 35.7 Å². The van der Waals surface area contributed by atoms with E-state index in [1.54, 1.807) is 12.1 Å². The van der Waals surface area contributed by atoms with Crippen molar-refractivity contribution in [2.24, 2.45) is 0 Å². The lowest BCUT2D eigenvalue weighted by Gasteiger charge is -2.34. The smallest absolute Gasteiger partial charge is 0.492 e. The van der Waals surface area contributed by atoms with E-state index in [9.17, 15) is 4.79 Å². The Morgan fingerprint density at radius 1 is 1.18 bits per heavy atom. The second-order valence-corrected chi connectivity index (χ2v) is 10.8. The first-order valence-corrected chi connectivity index (χ1v) is 13.0. The van der Waals surface area contributed by atoms with Gasteiger partial charge in [-0.05, 0) is 59.6 Å². The second kappa shape index (κ2) is 8.39. The van der Waals surface area contributed by atoms with Gasteiger partial charge in [-0.2, -0.15) is 4.57 Å². The maximum Gasteiger partial charge on any atom is 0.499 e. The van der Waals surface area contributed by atoms with Gasteiger partial charge in [-0.15, -0.1) is 0 Å². The molecule has 8 nitrogen and oxygen atoms in total. The fourth-order valence-corrected chi connectivity index (χ4v) is 6.50. The monoisotopic (exact) mass is 519 g/mol. The highest BCUT2D eigenvalue weighted by Gasteiger charge is 2.55. The molecule has 0 bridgehead atoms. The average molecular weight is 520 g/mol. The number of rotatable bonds is 5. The van der Waals surface area contributed by atoms with E-state index < -0.39 is 5.97 Å². The summed E-state index contributed by atoms with van der Waals surface area (Å²) in [6.07, 6.45) is 1.19. The van der Waals surface area contributed by atoms with Crippen LogP contribution in [0.1, 0.15) is 52.9 Å². The molecule has 0 amide bonds. The van der Waals surface area contributed by atoms with Crippen molar-refractivity contribution in [2.75, 3.05) is 26.4 Å². The largest absolute Gasteiger partial charge is 0.499 e. The van der Waals surface area contributed by atoms with Crippen molar-refractivity contribution in [1.29, 1.82) is 0 Å². The molecule has 0 saturated carbocycles. The number of aryl methyl sites for hydroxylation is 1. The molecule has 4 heterocycles. The maximum absolute atomic E-state index is 15.1. The fourth-order valence-electron chi connectivity index (χ4n) is 6.50. The molecule has 0 radical (unpaired) electrons. The van der Waals surface area contributed by atoms with Crippen molar-refractivity contribution in [2.45, 2.75) is 50.7 Å². The number of carbonyl (C=O) groups is 1. The number of hydrogen-bond acceptors (Lipinski definition) is 6. The first-order valence-electron chi connectivity index (χ1n) is 13.0. The Kier molecular flexibility index (Phi) is 5.17. The average Bonchev–Trinajstić information content (AvgIpc) is 3.54. The molecule has 2 unspecified atom stereocenters.